The molecule has 0 aromatic heterocycles. The largest absolute Gasteiger partial charge is 0.479 e. The van der Waals surface area contributed by atoms with Crippen molar-refractivity contribution in [2.24, 2.45) is 0 Å². The topological polar surface area (TPSA) is 212 Å². The van der Waals surface area contributed by atoms with Crippen molar-refractivity contribution in [3.05, 3.63) is 142 Å². The lowest BCUT2D eigenvalue weighted by atomic mass is 10.2. The first-order valence-corrected chi connectivity index (χ1v) is 38.1. The van der Waals surface area contributed by atoms with Crippen LogP contribution in [0.15, 0.2) is 60.7 Å². The van der Waals surface area contributed by atoms with Crippen LogP contribution in [-0.2, 0) is 36.0 Å². The number of ether oxygens (including phenoxy) is 5. The van der Waals surface area contributed by atoms with E-state index in [1.54, 1.807) is 7.11 Å². The van der Waals surface area contributed by atoms with Gasteiger partial charge in [0, 0.05) is 86.9 Å². The molecule has 0 saturated heterocycles. The second-order valence-corrected chi connectivity index (χ2v) is 25.5. The zero-order chi connectivity index (χ0) is 66.9. The molecule has 0 aliphatic carbocycles. The molecule has 87 heavy (non-hydrogen) atoms. The Hall–Kier alpha value is -0.410. The van der Waals surface area contributed by atoms with Gasteiger partial charge in [-0.15, -0.1) is 0 Å². The quantitative estimate of drug-likeness (QED) is 0.0346. The molecule has 0 fully saturated rings. The van der Waals surface area contributed by atoms with Crippen LogP contribution in [0.2, 0.25) is 0 Å². The molecule has 0 amide bonds. The normalized spacial score (nSPS) is 9.95. The Kier molecular flexibility index (Phi) is 130. The molecule has 0 aliphatic heterocycles. The summed E-state index contributed by atoms with van der Waals surface area (Å²) in [5.74, 6) is 9.75. The zero-order valence-corrected chi connectivity index (χ0v) is 62.3. The van der Waals surface area contributed by atoms with Crippen molar-refractivity contribution in [1.29, 1.82) is 0 Å². The molecule has 2 aromatic rings. The van der Waals surface area contributed by atoms with E-state index >= 15 is 0 Å². The van der Waals surface area contributed by atoms with Crippen LogP contribution in [0.5, 0.6) is 0 Å². The minimum Gasteiger partial charge on any atom is -0.479 e. The highest BCUT2D eigenvalue weighted by Crippen LogP contribution is 2.10. The van der Waals surface area contributed by atoms with Crippen molar-refractivity contribution < 1.29 is 76.9 Å². The standard InChI is InChI=1S/C11H17NO.C10H15NS.2C7H17NO.C6H15NO.2C6H15NS.C5H13NO.C5H13NS.C4H11NS/c1-12-8-5-9-13-10-11-6-3-2-4-7-11;1-11-7-8-12-9-10-5-3-2-4-6-10;1-7(2)9-6-4-5-8-3;1-3-6-9-7-4-5-8-2;1-3-8-6-4-5-7-2;1-6(2)8-5-4-7-3;1-3-5-8-6-4-7-2;1-6-4-3-5-7-2;1-3-7-5-4-6-2;1-5-3-4-6-2/h2-4,6-7H,1,5,8-10,12H2;2-6H,1,7-9,11H2;7H,3-6,8H2,1-2H3;2-8H2,1H3;2-7H2,1H3;6H,3-5,7H2,1-2H3;2-7H2,1H3;1,3-6H2,2H3;2-6H2,1H3;1,3-5H2,2H3. The van der Waals surface area contributed by atoms with E-state index in [2.05, 4.69) is 154 Å². The number of nitrogens with two attached hydrogens (primary N) is 10. The molecule has 0 aliphatic rings. The van der Waals surface area contributed by atoms with Crippen LogP contribution in [0, 0.1) is 70.5 Å². The third-order valence-corrected chi connectivity index (χ3v) is 14.9. The second-order valence-electron chi connectivity index (χ2n) is 19.1. The molecule has 2 rings (SSSR count). The van der Waals surface area contributed by atoms with Gasteiger partial charge in [0.1, 0.15) is 0 Å². The van der Waals surface area contributed by atoms with Crippen LogP contribution in [-0.4, -0.2) is 177 Å². The van der Waals surface area contributed by atoms with Crippen molar-refractivity contribution in [1.82, 2.24) is 0 Å². The first kappa shape index (κ1) is 103. The van der Waals surface area contributed by atoms with Gasteiger partial charge in [0.25, 0.3) is 0 Å². The van der Waals surface area contributed by atoms with Gasteiger partial charge in [0.2, 0.25) is 0 Å². The van der Waals surface area contributed by atoms with Crippen LogP contribution < -0.4 is 53.2 Å². The number of thioether (sulfide) groups is 5. The van der Waals surface area contributed by atoms with E-state index in [9.17, 15) is 0 Å². The Balaban J connectivity index is -0.000000134. The molecule has 0 bridgehead atoms. The molecule has 0 heterocycles. The summed E-state index contributed by atoms with van der Waals surface area (Å²) in [5.41, 5.74) is 2.65. The van der Waals surface area contributed by atoms with E-state index in [0.29, 0.717) is 6.10 Å². The van der Waals surface area contributed by atoms with Gasteiger partial charge in [-0.3, -0.25) is 0 Å². The molecule has 0 unspecified atom stereocenters. The van der Waals surface area contributed by atoms with E-state index in [0.717, 1.165) is 168 Å². The van der Waals surface area contributed by atoms with E-state index in [1.807, 2.05) is 151 Å². The summed E-state index contributed by atoms with van der Waals surface area (Å²) in [6, 6.07) is 20.8. The molecule has 0 radical (unpaired) electrons. The molecule has 0 saturated carbocycles. The fourth-order valence-electron chi connectivity index (χ4n) is 5.31. The van der Waals surface area contributed by atoms with Crippen LogP contribution in [0.25, 0.3) is 0 Å². The summed E-state index contributed by atoms with van der Waals surface area (Å²) in [4.78, 5) is 0. The summed E-state index contributed by atoms with van der Waals surface area (Å²) in [6.45, 7) is 34.8. The number of hydrogen-bond donors (Lipinski definition) is 10. The van der Waals surface area contributed by atoms with Gasteiger partial charge in [0.05, 0.1) is 111 Å². The minimum absolute atomic E-state index is 0.370. The summed E-state index contributed by atoms with van der Waals surface area (Å²) in [5, 5.41) is 20.2. The molecule has 20 N–H and O–H groups in total. The first-order valence-electron chi connectivity index (χ1n) is 32.2. The van der Waals surface area contributed by atoms with Crippen molar-refractivity contribution >= 4 is 58.8 Å². The average Bonchev–Trinajstić information content (AvgIpc) is 3.58. The number of rotatable bonds is 47. The minimum atomic E-state index is 0.370. The Labute approximate surface area is 563 Å². The molecule has 15 nitrogen and oxygen atoms in total. The predicted molar refractivity (Wildman–Crippen MR) is 390 cm³/mol. The Morgan fingerprint density at radius 1 is 0.402 bits per heavy atom. The first-order chi connectivity index (χ1) is 42.4. The van der Waals surface area contributed by atoms with Crippen molar-refractivity contribution in [3.8, 4) is 0 Å². The number of methoxy groups -OCH3 is 1. The number of hydrogen-bond acceptors (Lipinski definition) is 10. The summed E-state index contributed by atoms with van der Waals surface area (Å²) < 4.78 is 25.9. The van der Waals surface area contributed by atoms with Gasteiger partial charge in [-0.2, -0.15) is 129 Å². The maximum Gasteiger partial charge on any atom is 0.0716 e. The van der Waals surface area contributed by atoms with E-state index in [4.69, 9.17) is 23.7 Å². The summed E-state index contributed by atoms with van der Waals surface area (Å²) in [6.07, 6.45) is 10.4. The lowest BCUT2D eigenvalue weighted by molar-refractivity contribution is -0.596. The number of quaternary nitrogens is 10. The maximum atomic E-state index is 5.47. The highest BCUT2D eigenvalue weighted by atomic mass is 32.2. The Morgan fingerprint density at radius 3 is 1.20 bits per heavy atom. The van der Waals surface area contributed by atoms with Crippen molar-refractivity contribution in [2.45, 2.75) is 124 Å². The fraction of sp³-hybridized carbons (Fsp3) is 0.672. The molecular weight excluding hydrogens is 1190 g/mol. The molecular formula is C67H148N10O5S5. The van der Waals surface area contributed by atoms with Crippen LogP contribution in [0.3, 0.4) is 0 Å². The Bertz CT molecular complexity index is 1260. The molecule has 526 valence electrons. The van der Waals surface area contributed by atoms with E-state index in [-0.39, 0.29) is 0 Å². The smallest absolute Gasteiger partial charge is 0.0716 e. The average molecular weight is 1330 g/mol. The molecule has 2 aromatic carbocycles. The zero-order valence-electron chi connectivity index (χ0n) is 58.2. The van der Waals surface area contributed by atoms with Gasteiger partial charge in [-0.1, -0.05) is 95.3 Å². The second kappa shape index (κ2) is 110. The van der Waals surface area contributed by atoms with Crippen LogP contribution in [0.1, 0.15) is 111 Å². The third-order valence-electron chi connectivity index (χ3n) is 9.88. The third kappa shape index (κ3) is 135. The van der Waals surface area contributed by atoms with Gasteiger partial charge in [0.15, 0.2) is 0 Å². The highest BCUT2D eigenvalue weighted by Gasteiger charge is 1.94. The van der Waals surface area contributed by atoms with Gasteiger partial charge in [-0.05, 0) is 67.8 Å². The molecule has 0 atom stereocenters. The van der Waals surface area contributed by atoms with Crippen molar-refractivity contribution in [3.63, 3.8) is 0 Å². The highest BCUT2D eigenvalue weighted by molar-refractivity contribution is 8.00. The number of benzene rings is 2. The predicted octanol–water partition coefficient (Wildman–Crippen LogP) is 2.45. The van der Waals surface area contributed by atoms with Crippen molar-refractivity contribution in [2.75, 3.05) is 165 Å². The monoisotopic (exact) mass is 1330 g/mol. The molecule has 0 spiro atoms. The lowest BCUT2D eigenvalue weighted by Gasteiger charge is -2.05. The SMILES string of the molecule is [CH2-][NH2+]CCCOC.[CH2-][NH2+]CCCOC(C)C.[CH2-][NH2+]CCCOCC.[CH2-][NH2+]CCCOCCC.[CH2-][NH2+]CCCOCc1ccccc1.[CH2-][NH2+]CCSC.[CH2-][NH2+]CCSC(C)C.[CH2-][NH2+]CCSCC.[CH2-][NH2+]CCSCCC.[CH2-][NH2+]CCSCc1ccccc1. The Morgan fingerprint density at radius 2 is 0.805 bits per heavy atom. The summed E-state index contributed by atoms with van der Waals surface area (Å²) in [7, 11) is 38.0. The van der Waals surface area contributed by atoms with Crippen LogP contribution >= 0.6 is 58.8 Å². The van der Waals surface area contributed by atoms with Gasteiger partial charge >= 0.3 is 0 Å². The fourth-order valence-corrected chi connectivity index (χ4v) is 8.84. The van der Waals surface area contributed by atoms with E-state index in [1.165, 1.54) is 57.8 Å². The maximum absolute atomic E-state index is 5.47. The lowest BCUT2D eigenvalue weighted by Crippen LogP contribution is -2.77. The van der Waals surface area contributed by atoms with Gasteiger partial charge in [-0.25, -0.2) is 0 Å². The summed E-state index contributed by atoms with van der Waals surface area (Å²) >= 11 is 9.77. The van der Waals surface area contributed by atoms with Gasteiger partial charge < -0.3 is 76.9 Å². The van der Waals surface area contributed by atoms with E-state index < -0.39 is 0 Å². The van der Waals surface area contributed by atoms with Crippen LogP contribution in [0.4, 0.5) is 0 Å². The molecule has 20 heteroatoms.